The van der Waals surface area contributed by atoms with Crippen molar-refractivity contribution in [2.75, 3.05) is 26.3 Å². The second kappa shape index (κ2) is 4.73. The van der Waals surface area contributed by atoms with Crippen LogP contribution in [0, 0.1) is 35.0 Å². The van der Waals surface area contributed by atoms with Gasteiger partial charge < -0.3 is 10.1 Å². The normalized spacial score (nSPS) is 53.2. The van der Waals surface area contributed by atoms with Crippen LogP contribution in [0.4, 0.5) is 0 Å². The Morgan fingerprint density at radius 3 is 2.42 bits per heavy atom. The highest BCUT2D eigenvalue weighted by Crippen LogP contribution is 2.58. The molecule has 4 saturated carbocycles. The van der Waals surface area contributed by atoms with Crippen LogP contribution in [0.3, 0.4) is 0 Å². The lowest BCUT2D eigenvalue weighted by Crippen LogP contribution is -2.48. The fourth-order valence-corrected chi connectivity index (χ4v) is 5.98. The van der Waals surface area contributed by atoms with E-state index in [0.29, 0.717) is 5.41 Å². The van der Waals surface area contributed by atoms with Crippen molar-refractivity contribution in [2.24, 2.45) is 35.0 Å². The molecule has 0 aromatic heterocycles. The van der Waals surface area contributed by atoms with Gasteiger partial charge in [0.15, 0.2) is 0 Å². The second-order valence-corrected chi connectivity index (χ2v) is 8.34. The van der Waals surface area contributed by atoms with Gasteiger partial charge >= 0.3 is 0 Å². The van der Waals surface area contributed by atoms with Crippen LogP contribution >= 0.6 is 0 Å². The summed E-state index contributed by atoms with van der Waals surface area (Å²) in [6.45, 7) is 6.53. The molecule has 1 atom stereocenters. The highest BCUT2D eigenvalue weighted by atomic mass is 16.5. The zero-order valence-electron chi connectivity index (χ0n) is 12.4. The van der Waals surface area contributed by atoms with Crippen LogP contribution in [0.25, 0.3) is 0 Å². The van der Waals surface area contributed by atoms with E-state index in [4.69, 9.17) is 4.74 Å². The van der Waals surface area contributed by atoms with E-state index in [9.17, 15) is 0 Å². The standard InChI is InChI=1S/C17H29NO/c1-17(10-18-2-3-19-11-17)9-16-14-5-12-4-13(7-14)8-15(16)6-12/h12-16,18H,2-11H2,1H3. The molecule has 0 radical (unpaired) electrons. The van der Waals surface area contributed by atoms with Gasteiger partial charge in [-0.3, -0.25) is 0 Å². The van der Waals surface area contributed by atoms with Crippen LogP contribution in [0.2, 0.25) is 0 Å². The topological polar surface area (TPSA) is 21.3 Å². The molecular formula is C17H29NO. The Labute approximate surface area is 117 Å². The van der Waals surface area contributed by atoms with Gasteiger partial charge in [0.25, 0.3) is 0 Å². The molecule has 4 bridgehead atoms. The van der Waals surface area contributed by atoms with Gasteiger partial charge in [-0.2, -0.15) is 0 Å². The Bertz CT molecular complexity index is 304. The van der Waals surface area contributed by atoms with Gasteiger partial charge in [-0.15, -0.1) is 0 Å². The SMILES string of the molecule is CC1(CC2C3CC4CC(C3)CC2C4)CNCCOC1. The third-order valence-electron chi connectivity index (χ3n) is 6.58. The molecular weight excluding hydrogens is 234 g/mol. The van der Waals surface area contributed by atoms with Crippen molar-refractivity contribution in [1.82, 2.24) is 5.32 Å². The molecule has 1 N–H and O–H groups in total. The Hall–Kier alpha value is -0.0800. The largest absolute Gasteiger partial charge is 0.380 e. The summed E-state index contributed by atoms with van der Waals surface area (Å²) in [5.41, 5.74) is 0.385. The molecule has 1 saturated heterocycles. The average molecular weight is 263 g/mol. The third-order valence-corrected chi connectivity index (χ3v) is 6.58. The molecule has 1 unspecified atom stereocenters. The molecule has 0 amide bonds. The first-order valence-corrected chi connectivity index (χ1v) is 8.50. The predicted molar refractivity (Wildman–Crippen MR) is 76.9 cm³/mol. The Morgan fingerprint density at radius 1 is 1.05 bits per heavy atom. The molecule has 0 spiro atoms. The van der Waals surface area contributed by atoms with Crippen LogP contribution in [-0.2, 0) is 4.74 Å². The van der Waals surface area contributed by atoms with E-state index in [1.807, 2.05) is 0 Å². The average Bonchev–Trinajstić information content (AvgIpc) is 2.58. The molecule has 0 aromatic rings. The lowest BCUT2D eigenvalue weighted by Gasteiger charge is -2.56. The van der Waals surface area contributed by atoms with Crippen molar-refractivity contribution in [3.05, 3.63) is 0 Å². The Kier molecular flexibility index (Phi) is 3.15. The first-order chi connectivity index (χ1) is 9.22. The minimum absolute atomic E-state index is 0.385. The molecule has 4 aliphatic carbocycles. The number of nitrogens with one attached hydrogen (secondary N) is 1. The van der Waals surface area contributed by atoms with E-state index in [1.165, 1.54) is 6.42 Å². The molecule has 5 rings (SSSR count). The quantitative estimate of drug-likeness (QED) is 0.826. The van der Waals surface area contributed by atoms with Crippen molar-refractivity contribution in [2.45, 2.75) is 45.4 Å². The number of hydrogen-bond donors (Lipinski definition) is 1. The van der Waals surface area contributed by atoms with Gasteiger partial charge in [0, 0.05) is 18.5 Å². The number of rotatable bonds is 2. The van der Waals surface area contributed by atoms with Gasteiger partial charge in [0.1, 0.15) is 0 Å². The summed E-state index contributed by atoms with van der Waals surface area (Å²) in [7, 11) is 0. The summed E-state index contributed by atoms with van der Waals surface area (Å²) >= 11 is 0. The van der Waals surface area contributed by atoms with Crippen molar-refractivity contribution >= 4 is 0 Å². The van der Waals surface area contributed by atoms with Crippen LogP contribution < -0.4 is 5.32 Å². The smallest absolute Gasteiger partial charge is 0.0591 e. The summed E-state index contributed by atoms with van der Waals surface area (Å²) in [5, 5.41) is 3.59. The van der Waals surface area contributed by atoms with Crippen LogP contribution in [0.15, 0.2) is 0 Å². The van der Waals surface area contributed by atoms with E-state index in [1.54, 1.807) is 32.1 Å². The molecule has 1 heterocycles. The monoisotopic (exact) mass is 263 g/mol. The van der Waals surface area contributed by atoms with E-state index in [0.717, 1.165) is 55.9 Å². The minimum Gasteiger partial charge on any atom is -0.380 e. The van der Waals surface area contributed by atoms with Crippen LogP contribution in [0.5, 0.6) is 0 Å². The van der Waals surface area contributed by atoms with Gasteiger partial charge in [-0.05, 0) is 68.1 Å². The zero-order valence-corrected chi connectivity index (χ0v) is 12.4. The molecule has 108 valence electrons. The van der Waals surface area contributed by atoms with Gasteiger partial charge in [-0.25, -0.2) is 0 Å². The molecule has 19 heavy (non-hydrogen) atoms. The van der Waals surface area contributed by atoms with E-state index in [-0.39, 0.29) is 0 Å². The maximum absolute atomic E-state index is 5.84. The molecule has 1 aliphatic heterocycles. The van der Waals surface area contributed by atoms with Crippen LogP contribution in [0.1, 0.15) is 45.4 Å². The lowest BCUT2D eigenvalue weighted by molar-refractivity contribution is -0.0617. The second-order valence-electron chi connectivity index (χ2n) is 8.34. The molecule has 2 nitrogen and oxygen atoms in total. The highest BCUT2D eigenvalue weighted by Gasteiger charge is 2.49. The lowest BCUT2D eigenvalue weighted by atomic mass is 9.50. The van der Waals surface area contributed by atoms with E-state index in [2.05, 4.69) is 12.2 Å². The van der Waals surface area contributed by atoms with E-state index >= 15 is 0 Å². The maximum Gasteiger partial charge on any atom is 0.0591 e. The predicted octanol–water partition coefficient (Wildman–Crippen LogP) is 3.07. The first-order valence-electron chi connectivity index (χ1n) is 8.50. The number of ether oxygens (including phenoxy) is 1. The maximum atomic E-state index is 5.84. The summed E-state index contributed by atoms with van der Waals surface area (Å²) < 4.78 is 5.84. The van der Waals surface area contributed by atoms with Gasteiger partial charge in [0.2, 0.25) is 0 Å². The minimum atomic E-state index is 0.385. The van der Waals surface area contributed by atoms with Gasteiger partial charge in [-0.1, -0.05) is 6.92 Å². The van der Waals surface area contributed by atoms with Crippen molar-refractivity contribution in [3.8, 4) is 0 Å². The Balaban J connectivity index is 1.47. The fraction of sp³-hybridized carbons (Fsp3) is 1.00. The van der Waals surface area contributed by atoms with Crippen molar-refractivity contribution < 1.29 is 4.74 Å². The summed E-state index contributed by atoms with van der Waals surface area (Å²) in [5.74, 6) is 5.36. The molecule has 0 aromatic carbocycles. The number of hydrogen-bond acceptors (Lipinski definition) is 2. The first kappa shape index (κ1) is 12.6. The van der Waals surface area contributed by atoms with Crippen molar-refractivity contribution in [3.63, 3.8) is 0 Å². The summed E-state index contributed by atoms with van der Waals surface area (Å²) in [6.07, 6.45) is 9.21. The summed E-state index contributed by atoms with van der Waals surface area (Å²) in [4.78, 5) is 0. The van der Waals surface area contributed by atoms with Crippen molar-refractivity contribution in [1.29, 1.82) is 0 Å². The van der Waals surface area contributed by atoms with Crippen LogP contribution in [-0.4, -0.2) is 26.3 Å². The molecule has 5 fully saturated rings. The molecule has 2 heteroatoms. The summed E-state index contributed by atoms with van der Waals surface area (Å²) in [6, 6.07) is 0. The van der Waals surface area contributed by atoms with Gasteiger partial charge in [0.05, 0.1) is 13.2 Å². The molecule has 5 aliphatic rings. The fourth-order valence-electron chi connectivity index (χ4n) is 5.98. The highest BCUT2D eigenvalue weighted by molar-refractivity contribution is 5.00. The Morgan fingerprint density at radius 2 is 1.74 bits per heavy atom. The third kappa shape index (κ3) is 2.35. The zero-order chi connectivity index (χ0) is 12.9. The van der Waals surface area contributed by atoms with E-state index < -0.39 is 0 Å².